The first kappa shape index (κ1) is 34.5. The maximum absolute atomic E-state index is 14.3. The third kappa shape index (κ3) is 8.26. The van der Waals surface area contributed by atoms with Crippen LogP contribution in [0.4, 0.5) is 10.1 Å². The number of esters is 1. The molecule has 5 N–H and O–H groups in total. The molecule has 0 unspecified atom stereocenters. The molecule has 0 fully saturated rings. The number of aliphatic hydroxyl groups excluding tert-OH is 2. The number of hydrogen-bond donors (Lipinski definition) is 4. The SMILES string of the molecule is COC(=O)C[C@H](O)C[C@H](O)CCc1c(-c2ccc(F)cc2)c(-c2ccccc2)c(C(=O)Nc2cccc(S(N)(=O)=O)c2)n1C(C)C. The lowest BCUT2D eigenvalue weighted by atomic mass is 9.92. The van der Waals surface area contributed by atoms with Crippen molar-refractivity contribution in [1.82, 2.24) is 4.57 Å². The fourth-order valence-electron chi connectivity index (χ4n) is 5.53. The van der Waals surface area contributed by atoms with Crippen LogP contribution < -0.4 is 10.5 Å². The highest BCUT2D eigenvalue weighted by Gasteiger charge is 2.31. The number of aliphatic hydroxyl groups is 2. The summed E-state index contributed by atoms with van der Waals surface area (Å²) in [7, 11) is -2.81. The molecule has 0 radical (unpaired) electrons. The predicted octanol–water partition coefficient (Wildman–Crippen LogP) is 5.05. The molecule has 46 heavy (non-hydrogen) atoms. The quantitative estimate of drug-likeness (QED) is 0.147. The van der Waals surface area contributed by atoms with Gasteiger partial charge < -0.3 is 24.8 Å². The molecule has 0 saturated carbocycles. The van der Waals surface area contributed by atoms with Crippen molar-refractivity contribution in [3.05, 3.63) is 96.1 Å². The van der Waals surface area contributed by atoms with Crippen LogP contribution in [0.15, 0.2) is 83.8 Å². The molecule has 4 aromatic rings. The third-order valence-electron chi connectivity index (χ3n) is 7.54. The van der Waals surface area contributed by atoms with Gasteiger partial charge in [0.2, 0.25) is 10.0 Å². The average Bonchev–Trinajstić information content (AvgIpc) is 3.36. The molecule has 12 heteroatoms. The number of hydrogen-bond acceptors (Lipinski definition) is 7. The van der Waals surface area contributed by atoms with Crippen molar-refractivity contribution in [3.63, 3.8) is 0 Å². The van der Waals surface area contributed by atoms with E-state index in [1.54, 1.807) is 18.2 Å². The summed E-state index contributed by atoms with van der Waals surface area (Å²) in [5.74, 6) is -1.55. The van der Waals surface area contributed by atoms with Gasteiger partial charge >= 0.3 is 5.97 Å². The van der Waals surface area contributed by atoms with Gasteiger partial charge in [-0.15, -0.1) is 0 Å². The number of nitrogens with two attached hydrogens (primary N) is 1. The van der Waals surface area contributed by atoms with E-state index < -0.39 is 39.9 Å². The van der Waals surface area contributed by atoms with Gasteiger partial charge in [0.1, 0.15) is 11.5 Å². The summed E-state index contributed by atoms with van der Waals surface area (Å²) in [4.78, 5) is 25.7. The van der Waals surface area contributed by atoms with Crippen LogP contribution in [0.25, 0.3) is 22.3 Å². The zero-order chi connectivity index (χ0) is 33.6. The maximum Gasteiger partial charge on any atom is 0.308 e. The molecule has 0 saturated heterocycles. The average molecular weight is 652 g/mol. The molecular weight excluding hydrogens is 613 g/mol. The fourth-order valence-corrected chi connectivity index (χ4v) is 6.09. The van der Waals surface area contributed by atoms with E-state index in [1.165, 1.54) is 37.4 Å². The molecule has 0 aliphatic heterocycles. The van der Waals surface area contributed by atoms with Crippen LogP contribution in [-0.2, 0) is 26.0 Å². The molecule has 0 bridgehead atoms. The highest BCUT2D eigenvalue weighted by molar-refractivity contribution is 7.89. The number of primary sulfonamides is 1. The van der Waals surface area contributed by atoms with Gasteiger partial charge in [0, 0.05) is 28.6 Å². The Bertz CT molecular complexity index is 1790. The Morgan fingerprint density at radius 2 is 1.59 bits per heavy atom. The number of nitrogens with zero attached hydrogens (tertiary/aromatic N) is 1. The first-order valence-corrected chi connectivity index (χ1v) is 16.3. The number of carbonyl (C=O) groups excluding carboxylic acids is 2. The number of benzene rings is 3. The molecular formula is C34H38FN3O7S. The molecule has 10 nitrogen and oxygen atoms in total. The normalized spacial score (nSPS) is 13.0. The Balaban J connectivity index is 1.88. The molecule has 4 rings (SSSR count). The summed E-state index contributed by atoms with van der Waals surface area (Å²) in [6.45, 7) is 3.81. The van der Waals surface area contributed by atoms with E-state index in [0.29, 0.717) is 27.9 Å². The lowest BCUT2D eigenvalue weighted by Crippen LogP contribution is -2.23. The standard InChI is InChI=1S/C34H38FN3O7S/c1-21(2)38-29(17-16-26(39)19-27(40)20-30(41)45-3)31(23-12-14-24(35)15-13-23)32(22-8-5-4-6-9-22)33(38)34(42)37-25-10-7-11-28(18-25)46(36,43)44/h4-15,18,21,26-27,39-40H,16-17,19-20H2,1-3H3,(H,37,42)(H2,36,43,44)/t26-,27-/m1/s1. The van der Waals surface area contributed by atoms with Gasteiger partial charge in [-0.1, -0.05) is 48.5 Å². The Morgan fingerprint density at radius 3 is 2.20 bits per heavy atom. The monoisotopic (exact) mass is 651 g/mol. The number of aromatic nitrogens is 1. The van der Waals surface area contributed by atoms with Crippen molar-refractivity contribution < 1.29 is 37.3 Å². The Morgan fingerprint density at radius 1 is 0.935 bits per heavy atom. The van der Waals surface area contributed by atoms with E-state index in [2.05, 4.69) is 10.1 Å². The number of methoxy groups -OCH3 is 1. The first-order chi connectivity index (χ1) is 21.8. The topological polar surface area (TPSA) is 161 Å². The largest absolute Gasteiger partial charge is 0.469 e. The molecule has 3 aromatic carbocycles. The summed E-state index contributed by atoms with van der Waals surface area (Å²) in [5, 5.41) is 29.3. The van der Waals surface area contributed by atoms with E-state index in [0.717, 1.165) is 0 Å². The lowest BCUT2D eigenvalue weighted by Gasteiger charge is -2.20. The second kappa shape index (κ2) is 14.8. The van der Waals surface area contributed by atoms with Gasteiger partial charge in [0.05, 0.1) is 30.6 Å². The smallest absolute Gasteiger partial charge is 0.308 e. The number of anilines is 1. The minimum Gasteiger partial charge on any atom is -0.469 e. The molecule has 1 heterocycles. The van der Waals surface area contributed by atoms with Crippen molar-refractivity contribution in [2.24, 2.45) is 5.14 Å². The van der Waals surface area contributed by atoms with E-state index in [9.17, 15) is 32.6 Å². The summed E-state index contributed by atoms with van der Waals surface area (Å²) >= 11 is 0. The molecule has 2 atom stereocenters. The number of amides is 1. The van der Waals surface area contributed by atoms with Crippen molar-refractivity contribution in [3.8, 4) is 22.3 Å². The van der Waals surface area contributed by atoms with Crippen molar-refractivity contribution >= 4 is 27.6 Å². The summed E-state index contributed by atoms with van der Waals surface area (Å²) in [5.41, 5.74) is 3.75. The van der Waals surface area contributed by atoms with Crippen molar-refractivity contribution in [1.29, 1.82) is 0 Å². The molecule has 0 aliphatic rings. The number of nitrogens with one attached hydrogen (secondary N) is 1. The highest BCUT2D eigenvalue weighted by atomic mass is 32.2. The summed E-state index contributed by atoms with van der Waals surface area (Å²) in [6.07, 6.45) is -1.99. The third-order valence-corrected chi connectivity index (χ3v) is 8.45. The second-order valence-corrected chi connectivity index (χ2v) is 12.8. The Hall–Kier alpha value is -4.36. The highest BCUT2D eigenvalue weighted by Crippen LogP contribution is 2.43. The number of rotatable bonds is 13. The van der Waals surface area contributed by atoms with Crippen LogP contribution in [-0.4, -0.2) is 54.4 Å². The summed E-state index contributed by atoms with van der Waals surface area (Å²) in [6, 6.07) is 20.5. The maximum atomic E-state index is 14.3. The van der Waals surface area contributed by atoms with Crippen molar-refractivity contribution in [2.45, 2.75) is 62.7 Å². The van der Waals surface area contributed by atoms with Crippen LogP contribution in [0.3, 0.4) is 0 Å². The van der Waals surface area contributed by atoms with E-state index >= 15 is 0 Å². The van der Waals surface area contributed by atoms with Gasteiger partial charge in [0.15, 0.2) is 0 Å². The number of halogens is 1. The number of sulfonamides is 1. The van der Waals surface area contributed by atoms with Crippen LogP contribution in [0.2, 0.25) is 0 Å². The second-order valence-electron chi connectivity index (χ2n) is 11.3. The zero-order valence-electron chi connectivity index (χ0n) is 25.8. The first-order valence-electron chi connectivity index (χ1n) is 14.8. The molecule has 1 aromatic heterocycles. The minimum atomic E-state index is -4.03. The van der Waals surface area contributed by atoms with Crippen LogP contribution in [0.1, 0.15) is 55.3 Å². The van der Waals surface area contributed by atoms with Gasteiger partial charge in [-0.05, 0) is 74.6 Å². The molecule has 0 spiro atoms. The fraction of sp³-hybridized carbons (Fsp3) is 0.294. The predicted molar refractivity (Wildman–Crippen MR) is 173 cm³/mol. The molecule has 244 valence electrons. The van der Waals surface area contributed by atoms with E-state index in [-0.39, 0.29) is 48.0 Å². The van der Waals surface area contributed by atoms with Crippen LogP contribution >= 0.6 is 0 Å². The van der Waals surface area contributed by atoms with Crippen molar-refractivity contribution in [2.75, 3.05) is 12.4 Å². The number of ether oxygens (including phenoxy) is 1. The van der Waals surface area contributed by atoms with Crippen LogP contribution in [0.5, 0.6) is 0 Å². The number of carbonyl (C=O) groups is 2. The molecule has 1 amide bonds. The Labute approximate surface area is 267 Å². The van der Waals surface area contributed by atoms with Gasteiger partial charge in [-0.2, -0.15) is 0 Å². The van der Waals surface area contributed by atoms with E-state index in [4.69, 9.17) is 5.14 Å². The van der Waals surface area contributed by atoms with Gasteiger partial charge in [0.25, 0.3) is 5.91 Å². The zero-order valence-corrected chi connectivity index (χ0v) is 26.6. The minimum absolute atomic E-state index is 0.0668. The molecule has 0 aliphatic carbocycles. The Kier molecular flexibility index (Phi) is 11.1. The van der Waals surface area contributed by atoms with E-state index in [1.807, 2.05) is 48.7 Å². The lowest BCUT2D eigenvalue weighted by molar-refractivity contribution is -0.143. The van der Waals surface area contributed by atoms with Gasteiger partial charge in [-0.25, -0.2) is 17.9 Å². The summed E-state index contributed by atoms with van der Waals surface area (Å²) < 4.78 is 44.6. The van der Waals surface area contributed by atoms with Crippen LogP contribution in [0, 0.1) is 5.82 Å². The van der Waals surface area contributed by atoms with Gasteiger partial charge in [-0.3, -0.25) is 9.59 Å².